The van der Waals surface area contributed by atoms with Crippen molar-refractivity contribution in [1.82, 2.24) is 9.88 Å². The van der Waals surface area contributed by atoms with Crippen LogP contribution in [0, 0.1) is 5.41 Å². The van der Waals surface area contributed by atoms with Crippen molar-refractivity contribution in [2.24, 2.45) is 5.73 Å². The van der Waals surface area contributed by atoms with Crippen molar-refractivity contribution in [3.8, 4) is 0 Å². The number of nitrogens with one attached hydrogen (secondary N) is 2. The number of H-pyrrole nitrogens is 1. The second-order valence-corrected chi connectivity index (χ2v) is 4.10. The van der Waals surface area contributed by atoms with Gasteiger partial charge in [-0.15, -0.1) is 12.4 Å². The lowest BCUT2D eigenvalue weighted by Crippen LogP contribution is -2.38. The van der Waals surface area contributed by atoms with Crippen LogP contribution < -0.4 is 5.73 Å². The molecule has 1 heterocycles. The van der Waals surface area contributed by atoms with Gasteiger partial charge in [0.05, 0.1) is 0 Å². The molecule has 0 spiro atoms. The van der Waals surface area contributed by atoms with Gasteiger partial charge in [-0.05, 0) is 18.2 Å². The number of carbonyl (C=O) groups is 1. The van der Waals surface area contributed by atoms with Crippen molar-refractivity contribution in [2.45, 2.75) is 0 Å². The van der Waals surface area contributed by atoms with Gasteiger partial charge in [-0.25, -0.2) is 0 Å². The van der Waals surface area contributed by atoms with Crippen LogP contribution in [-0.4, -0.2) is 28.8 Å². The molecule has 1 amide bonds. The number of guanidine groups is 1. The molecule has 0 fully saturated rings. The first-order chi connectivity index (χ1) is 7.99. The van der Waals surface area contributed by atoms with Crippen molar-refractivity contribution < 1.29 is 4.79 Å². The number of hydrogen-bond acceptors (Lipinski definition) is 2. The molecule has 0 aliphatic rings. The Morgan fingerprint density at radius 1 is 1.44 bits per heavy atom. The van der Waals surface area contributed by atoms with Gasteiger partial charge >= 0.3 is 0 Å². The quantitative estimate of drug-likeness (QED) is 0.555. The lowest BCUT2D eigenvalue weighted by Gasteiger charge is -2.12. The summed E-state index contributed by atoms with van der Waals surface area (Å²) in [6, 6.07) is 7.01. The topological polar surface area (TPSA) is 86.0 Å². The monoisotopic (exact) mass is 286 g/mol. The van der Waals surface area contributed by atoms with E-state index < -0.39 is 0 Å². The highest BCUT2D eigenvalue weighted by Crippen LogP contribution is 2.20. The average Bonchev–Trinajstić information content (AvgIpc) is 2.69. The fourth-order valence-corrected chi connectivity index (χ4v) is 1.68. The Morgan fingerprint density at radius 3 is 2.72 bits per heavy atom. The number of nitrogens with zero attached hydrogens (tertiary/aromatic N) is 1. The van der Waals surface area contributed by atoms with E-state index in [0.717, 1.165) is 15.8 Å². The Balaban J connectivity index is 0.00000162. The number of carbonyl (C=O) groups excluding carboxylic acids is 1. The van der Waals surface area contributed by atoms with Gasteiger partial charge in [0.15, 0.2) is 5.96 Å². The van der Waals surface area contributed by atoms with E-state index in [9.17, 15) is 4.79 Å². The summed E-state index contributed by atoms with van der Waals surface area (Å²) in [5.41, 5.74) is 6.40. The number of benzene rings is 1. The Hall–Kier alpha value is -1.72. The third kappa shape index (κ3) is 2.57. The molecule has 0 saturated carbocycles. The summed E-state index contributed by atoms with van der Waals surface area (Å²) in [7, 11) is 1.45. The van der Waals surface area contributed by atoms with Gasteiger partial charge in [-0.2, -0.15) is 0 Å². The Morgan fingerprint density at radius 2 is 2.11 bits per heavy atom. The van der Waals surface area contributed by atoms with E-state index in [1.807, 2.05) is 6.07 Å². The molecule has 2 rings (SSSR count). The van der Waals surface area contributed by atoms with E-state index >= 15 is 0 Å². The molecule has 5 nitrogen and oxygen atoms in total. The minimum absolute atomic E-state index is 0. The molecule has 0 bridgehead atoms. The number of halogens is 2. The molecule has 2 aromatic rings. The van der Waals surface area contributed by atoms with E-state index in [-0.39, 0.29) is 24.3 Å². The van der Waals surface area contributed by atoms with Crippen molar-refractivity contribution in [1.29, 1.82) is 5.41 Å². The summed E-state index contributed by atoms with van der Waals surface area (Å²) in [6.45, 7) is 0. The predicted molar refractivity (Wildman–Crippen MR) is 74.6 cm³/mol. The van der Waals surface area contributed by atoms with Gasteiger partial charge in [-0.1, -0.05) is 17.7 Å². The van der Waals surface area contributed by atoms with E-state index in [4.69, 9.17) is 22.7 Å². The zero-order valence-electron chi connectivity index (χ0n) is 9.53. The molecule has 4 N–H and O–H groups in total. The van der Waals surface area contributed by atoms with Crippen LogP contribution in [0.1, 0.15) is 10.5 Å². The average molecular weight is 287 g/mol. The molecule has 0 saturated heterocycles. The van der Waals surface area contributed by atoms with Gasteiger partial charge in [0.25, 0.3) is 5.91 Å². The smallest absolute Gasteiger partial charge is 0.276 e. The second-order valence-electron chi connectivity index (χ2n) is 3.66. The molecule has 7 heteroatoms. The third-order valence-electron chi connectivity index (χ3n) is 2.48. The summed E-state index contributed by atoms with van der Waals surface area (Å²) in [6.07, 6.45) is 0. The number of rotatable bonds is 1. The van der Waals surface area contributed by atoms with E-state index in [0.29, 0.717) is 10.7 Å². The maximum Gasteiger partial charge on any atom is 0.276 e. The summed E-state index contributed by atoms with van der Waals surface area (Å²) in [5, 5.41) is 8.68. The van der Waals surface area contributed by atoms with Crippen LogP contribution >= 0.6 is 24.0 Å². The van der Waals surface area contributed by atoms with Crippen LogP contribution in [0.4, 0.5) is 0 Å². The fourth-order valence-electron chi connectivity index (χ4n) is 1.50. The number of hydrogen-bond donors (Lipinski definition) is 3. The molecule has 0 unspecified atom stereocenters. The minimum Gasteiger partial charge on any atom is -0.370 e. The number of aromatic amines is 1. The first kappa shape index (κ1) is 14.3. The van der Waals surface area contributed by atoms with Crippen LogP contribution in [0.15, 0.2) is 24.3 Å². The van der Waals surface area contributed by atoms with Crippen molar-refractivity contribution >= 4 is 46.8 Å². The zero-order chi connectivity index (χ0) is 12.6. The van der Waals surface area contributed by atoms with Crippen molar-refractivity contribution in [3.05, 3.63) is 35.0 Å². The maximum absolute atomic E-state index is 11.9. The molecule has 1 aromatic carbocycles. The van der Waals surface area contributed by atoms with Gasteiger partial charge in [0.1, 0.15) is 5.69 Å². The molecule has 0 radical (unpaired) electrons. The molecule has 1 aromatic heterocycles. The predicted octanol–water partition coefficient (Wildman–Crippen LogP) is 2.21. The van der Waals surface area contributed by atoms with E-state index in [1.54, 1.807) is 18.2 Å². The molecular weight excluding hydrogens is 275 g/mol. The van der Waals surface area contributed by atoms with E-state index in [1.165, 1.54) is 7.05 Å². The number of amides is 1. The van der Waals surface area contributed by atoms with Gasteiger partial charge in [0.2, 0.25) is 0 Å². The zero-order valence-corrected chi connectivity index (χ0v) is 11.1. The van der Waals surface area contributed by atoms with Crippen molar-refractivity contribution in [2.75, 3.05) is 7.05 Å². The van der Waals surface area contributed by atoms with Crippen LogP contribution in [0.25, 0.3) is 10.9 Å². The van der Waals surface area contributed by atoms with Crippen LogP contribution in [0.3, 0.4) is 0 Å². The standard InChI is InChI=1S/C11H11ClN4O.ClH/c1-16(11(13)14)10(17)9-4-6-2-3-7(12)5-8(6)15-9;/h2-5,15H,1H3,(H3,13,14);1H. The number of fused-ring (bicyclic) bond motifs is 1. The molecular formula is C11H12Cl2N4O. The Bertz CT molecular complexity index is 608. The van der Waals surface area contributed by atoms with Gasteiger partial charge < -0.3 is 10.7 Å². The second kappa shape index (κ2) is 5.29. The van der Waals surface area contributed by atoms with Crippen LogP contribution in [0.5, 0.6) is 0 Å². The van der Waals surface area contributed by atoms with Crippen LogP contribution in [0.2, 0.25) is 5.02 Å². The Labute approximate surface area is 115 Å². The van der Waals surface area contributed by atoms with Gasteiger partial charge in [-0.3, -0.25) is 15.1 Å². The van der Waals surface area contributed by atoms with Crippen LogP contribution in [-0.2, 0) is 0 Å². The Kier molecular flexibility index (Phi) is 4.21. The molecule has 96 valence electrons. The number of aromatic nitrogens is 1. The van der Waals surface area contributed by atoms with Crippen molar-refractivity contribution in [3.63, 3.8) is 0 Å². The SMILES string of the molecule is CN(C(=N)N)C(=O)c1cc2ccc(Cl)cc2[nH]1.Cl. The summed E-state index contributed by atoms with van der Waals surface area (Å²) in [4.78, 5) is 15.9. The first-order valence-corrected chi connectivity index (χ1v) is 5.27. The summed E-state index contributed by atoms with van der Waals surface area (Å²) < 4.78 is 0. The molecule has 0 aliphatic carbocycles. The third-order valence-corrected chi connectivity index (χ3v) is 2.72. The highest BCUT2D eigenvalue weighted by atomic mass is 35.5. The van der Waals surface area contributed by atoms with E-state index in [2.05, 4.69) is 4.98 Å². The lowest BCUT2D eigenvalue weighted by molar-refractivity contribution is 0.0864. The number of nitrogens with two attached hydrogens (primary N) is 1. The lowest BCUT2D eigenvalue weighted by atomic mass is 10.2. The summed E-state index contributed by atoms with van der Waals surface area (Å²) in [5.74, 6) is -0.656. The summed E-state index contributed by atoms with van der Waals surface area (Å²) >= 11 is 5.85. The highest BCUT2D eigenvalue weighted by Gasteiger charge is 2.16. The molecule has 18 heavy (non-hydrogen) atoms. The highest BCUT2D eigenvalue weighted by molar-refractivity contribution is 6.31. The fraction of sp³-hybridized carbons (Fsp3) is 0.0909. The maximum atomic E-state index is 11.9. The molecule has 0 aliphatic heterocycles. The minimum atomic E-state index is -0.357. The van der Waals surface area contributed by atoms with Gasteiger partial charge in [0, 0.05) is 23.0 Å². The largest absolute Gasteiger partial charge is 0.370 e. The first-order valence-electron chi connectivity index (χ1n) is 4.89. The normalized spacial score (nSPS) is 9.89. The molecule has 0 atom stereocenters.